The van der Waals surface area contributed by atoms with Crippen molar-refractivity contribution in [1.29, 1.82) is 0 Å². The Hall–Kier alpha value is -4.11. The first-order valence-electron chi connectivity index (χ1n) is 10.1. The van der Waals surface area contributed by atoms with E-state index in [1.54, 1.807) is 38.1 Å². The average molecular weight is 460 g/mol. The topological polar surface area (TPSA) is 92.7 Å². The number of aryl methyl sites for hydroxylation is 2. The molecule has 1 amide bonds. The highest BCUT2D eigenvalue weighted by molar-refractivity contribution is 7.12. The zero-order valence-electron chi connectivity index (χ0n) is 17.7. The monoisotopic (exact) mass is 459 g/mol. The van der Waals surface area contributed by atoms with Gasteiger partial charge in [-0.2, -0.15) is 9.78 Å². The molecule has 2 N–H and O–H groups in total. The van der Waals surface area contributed by atoms with Gasteiger partial charge in [0, 0.05) is 33.6 Å². The van der Waals surface area contributed by atoms with Gasteiger partial charge in [-0.15, -0.1) is 11.3 Å². The van der Waals surface area contributed by atoms with Crippen molar-refractivity contribution in [1.82, 2.24) is 19.7 Å². The minimum Gasteiger partial charge on any atom is -0.358 e. The van der Waals surface area contributed by atoms with Crippen molar-refractivity contribution in [3.8, 4) is 16.4 Å². The summed E-state index contributed by atoms with van der Waals surface area (Å²) < 4.78 is 14.7. The summed E-state index contributed by atoms with van der Waals surface area (Å²) in [5, 5.41) is 10.1. The van der Waals surface area contributed by atoms with Crippen LogP contribution in [0, 0.1) is 19.7 Å². The SMILES string of the molecule is Cc1cc(NC(=O)C(=O)c2c(C)[nH]c3ccccc23)n(-c2nc(-c3ccc(F)cc3)cs2)n1. The Bertz CT molecular complexity index is 1510. The molecule has 7 nitrogen and oxygen atoms in total. The van der Waals surface area contributed by atoms with Gasteiger partial charge in [0.1, 0.15) is 11.6 Å². The molecule has 3 heterocycles. The molecule has 5 aromatic rings. The molecule has 3 aromatic heterocycles. The molecule has 164 valence electrons. The Kier molecular flexibility index (Phi) is 5.10. The summed E-state index contributed by atoms with van der Waals surface area (Å²) in [6.45, 7) is 3.55. The number of hydrogen-bond acceptors (Lipinski definition) is 5. The molecular weight excluding hydrogens is 441 g/mol. The smallest absolute Gasteiger partial charge is 0.298 e. The van der Waals surface area contributed by atoms with Gasteiger partial charge in [0.25, 0.3) is 11.7 Å². The summed E-state index contributed by atoms with van der Waals surface area (Å²) in [4.78, 5) is 33.6. The van der Waals surface area contributed by atoms with Gasteiger partial charge in [0.15, 0.2) is 0 Å². The molecular formula is C24H18FN5O2S. The number of nitrogens with zero attached hydrogens (tertiary/aromatic N) is 3. The van der Waals surface area contributed by atoms with Gasteiger partial charge in [0.2, 0.25) is 5.13 Å². The van der Waals surface area contributed by atoms with Gasteiger partial charge >= 0.3 is 0 Å². The number of ketones is 1. The summed E-state index contributed by atoms with van der Waals surface area (Å²) in [7, 11) is 0. The van der Waals surface area contributed by atoms with Crippen molar-refractivity contribution in [2.45, 2.75) is 13.8 Å². The minimum atomic E-state index is -0.765. The Morgan fingerprint density at radius 1 is 1.09 bits per heavy atom. The van der Waals surface area contributed by atoms with Crippen molar-refractivity contribution in [3.63, 3.8) is 0 Å². The Labute approximate surface area is 191 Å². The number of H-pyrrole nitrogens is 1. The standard InChI is InChI=1S/C24H18FN5O2S/c1-13-11-20(28-23(32)22(31)21-14(2)26-18-6-4-3-5-17(18)21)30(29-13)24-27-19(12-33-24)15-7-9-16(25)10-8-15/h3-12,26H,1-2H3,(H,28,32). The van der Waals surface area contributed by atoms with E-state index in [2.05, 4.69) is 20.4 Å². The van der Waals surface area contributed by atoms with Gasteiger partial charge in [0.05, 0.1) is 17.0 Å². The number of hydrogen-bond donors (Lipinski definition) is 2. The maximum Gasteiger partial charge on any atom is 0.298 e. The van der Waals surface area contributed by atoms with Gasteiger partial charge in [-0.1, -0.05) is 18.2 Å². The second-order valence-corrected chi connectivity index (χ2v) is 8.40. The van der Waals surface area contributed by atoms with Gasteiger partial charge < -0.3 is 10.3 Å². The van der Waals surface area contributed by atoms with Crippen LogP contribution in [0.1, 0.15) is 21.7 Å². The predicted octanol–water partition coefficient (Wildman–Crippen LogP) is 5.05. The number of nitrogens with one attached hydrogen (secondary N) is 2. The first kappa shape index (κ1) is 20.8. The van der Waals surface area contributed by atoms with Crippen molar-refractivity contribution in [2.24, 2.45) is 0 Å². The van der Waals surface area contributed by atoms with Crippen LogP contribution < -0.4 is 5.32 Å². The van der Waals surface area contributed by atoms with Crippen LogP contribution in [0.15, 0.2) is 60.0 Å². The number of amides is 1. The van der Waals surface area contributed by atoms with Crippen LogP contribution in [0.2, 0.25) is 0 Å². The molecule has 0 aliphatic carbocycles. The van der Waals surface area contributed by atoms with E-state index in [0.717, 1.165) is 11.1 Å². The number of aromatic nitrogens is 4. The molecule has 0 saturated heterocycles. The van der Waals surface area contributed by atoms with Crippen LogP contribution in [0.4, 0.5) is 10.2 Å². The lowest BCUT2D eigenvalue weighted by molar-refractivity contribution is -0.112. The normalized spacial score (nSPS) is 11.1. The number of fused-ring (bicyclic) bond motifs is 1. The van der Waals surface area contributed by atoms with E-state index >= 15 is 0 Å². The molecule has 2 aromatic carbocycles. The first-order chi connectivity index (χ1) is 15.9. The zero-order chi connectivity index (χ0) is 23.1. The van der Waals surface area contributed by atoms with Crippen LogP contribution >= 0.6 is 11.3 Å². The first-order valence-corrected chi connectivity index (χ1v) is 11.0. The van der Waals surface area contributed by atoms with Crippen molar-refractivity contribution >= 4 is 39.7 Å². The van der Waals surface area contributed by atoms with E-state index in [1.807, 2.05) is 23.6 Å². The van der Waals surface area contributed by atoms with Crippen LogP contribution in [0.5, 0.6) is 0 Å². The molecule has 0 aliphatic rings. The third-order valence-electron chi connectivity index (χ3n) is 5.21. The number of rotatable bonds is 5. The number of benzene rings is 2. The number of anilines is 1. The molecule has 0 aliphatic heterocycles. The third kappa shape index (κ3) is 3.83. The number of halogens is 1. The number of Topliss-reactive ketones (excluding diaryl/α,β-unsaturated/α-hetero) is 1. The van der Waals surface area contributed by atoms with E-state index in [4.69, 9.17) is 0 Å². The summed E-state index contributed by atoms with van der Waals surface area (Å²) in [6, 6.07) is 15.1. The molecule has 0 saturated carbocycles. The summed E-state index contributed by atoms with van der Waals surface area (Å²) >= 11 is 1.32. The van der Waals surface area contributed by atoms with Crippen LogP contribution in [0.25, 0.3) is 27.3 Å². The number of thiazole rings is 1. The molecule has 9 heteroatoms. The highest BCUT2D eigenvalue weighted by Gasteiger charge is 2.24. The van der Waals surface area contributed by atoms with E-state index in [-0.39, 0.29) is 5.82 Å². The second kappa shape index (κ2) is 8.10. The fourth-order valence-corrected chi connectivity index (χ4v) is 4.50. The van der Waals surface area contributed by atoms with E-state index < -0.39 is 11.7 Å². The highest BCUT2D eigenvalue weighted by Crippen LogP contribution is 2.27. The van der Waals surface area contributed by atoms with Crippen LogP contribution in [0.3, 0.4) is 0 Å². The number of para-hydroxylation sites is 1. The van der Waals surface area contributed by atoms with Gasteiger partial charge in [-0.3, -0.25) is 9.59 Å². The zero-order valence-corrected chi connectivity index (χ0v) is 18.5. The van der Waals surface area contributed by atoms with Crippen LogP contribution in [-0.2, 0) is 4.79 Å². The summed E-state index contributed by atoms with van der Waals surface area (Å²) in [5.74, 6) is -1.39. The Morgan fingerprint density at radius 3 is 2.64 bits per heavy atom. The Morgan fingerprint density at radius 2 is 1.85 bits per heavy atom. The average Bonchev–Trinajstić information content (AvgIpc) is 3.50. The fourth-order valence-electron chi connectivity index (χ4n) is 3.70. The maximum atomic E-state index is 13.2. The van der Waals surface area contributed by atoms with E-state index in [0.29, 0.717) is 39.0 Å². The minimum absolute atomic E-state index is 0.322. The number of carbonyl (C=O) groups excluding carboxylic acids is 2. The third-order valence-corrected chi connectivity index (χ3v) is 6.03. The summed E-state index contributed by atoms with van der Waals surface area (Å²) in [5.41, 5.74) is 3.84. The van der Waals surface area contributed by atoms with Gasteiger partial charge in [-0.05, 0) is 44.2 Å². The fraction of sp³-hybridized carbons (Fsp3) is 0.0833. The van der Waals surface area contributed by atoms with E-state index in [1.165, 1.54) is 28.2 Å². The van der Waals surface area contributed by atoms with Crippen molar-refractivity contribution in [2.75, 3.05) is 5.32 Å². The molecule has 0 bridgehead atoms. The lowest BCUT2D eigenvalue weighted by atomic mass is 10.1. The molecule has 5 rings (SSSR count). The van der Waals surface area contributed by atoms with Gasteiger partial charge in [-0.25, -0.2) is 9.37 Å². The van der Waals surface area contributed by atoms with Crippen molar-refractivity contribution in [3.05, 3.63) is 82.7 Å². The quantitative estimate of drug-likeness (QED) is 0.284. The summed E-state index contributed by atoms with van der Waals surface area (Å²) in [6.07, 6.45) is 0. The molecule has 33 heavy (non-hydrogen) atoms. The van der Waals surface area contributed by atoms with Crippen LogP contribution in [-0.4, -0.2) is 31.4 Å². The lowest BCUT2D eigenvalue weighted by Crippen LogP contribution is -2.24. The van der Waals surface area contributed by atoms with E-state index in [9.17, 15) is 14.0 Å². The maximum absolute atomic E-state index is 13.2. The molecule has 0 unspecified atom stereocenters. The largest absolute Gasteiger partial charge is 0.358 e. The molecule has 0 atom stereocenters. The predicted molar refractivity (Wildman–Crippen MR) is 125 cm³/mol. The second-order valence-electron chi connectivity index (χ2n) is 7.56. The Balaban J connectivity index is 1.44. The highest BCUT2D eigenvalue weighted by atomic mass is 32.1. The molecule has 0 radical (unpaired) electrons. The molecule has 0 spiro atoms. The lowest BCUT2D eigenvalue weighted by Gasteiger charge is -2.06. The number of carbonyl (C=O) groups is 2. The van der Waals surface area contributed by atoms with Crippen molar-refractivity contribution < 1.29 is 14.0 Å². The number of aromatic amines is 1. The molecule has 0 fully saturated rings.